The van der Waals surface area contributed by atoms with Gasteiger partial charge in [-0.3, -0.25) is 0 Å². The Balaban J connectivity index is 1.26. The van der Waals surface area contributed by atoms with Gasteiger partial charge in [-0.25, -0.2) is 0 Å². The molecule has 0 unspecified atom stereocenters. The van der Waals surface area contributed by atoms with Gasteiger partial charge >= 0.3 is 0 Å². The summed E-state index contributed by atoms with van der Waals surface area (Å²) in [6, 6.07) is 0.888. The molecule has 3 aliphatic heterocycles. The monoisotopic (exact) mass is 349 g/mol. The lowest BCUT2D eigenvalue weighted by molar-refractivity contribution is 0.0774. The van der Waals surface area contributed by atoms with Gasteiger partial charge in [-0.15, -0.1) is 0 Å². The normalized spacial score (nSPS) is 27.4. The van der Waals surface area contributed by atoms with Crippen molar-refractivity contribution in [3.63, 3.8) is 0 Å². The van der Waals surface area contributed by atoms with Gasteiger partial charge in [-0.1, -0.05) is 20.8 Å². The van der Waals surface area contributed by atoms with Crippen LogP contribution in [0.15, 0.2) is 0 Å². The summed E-state index contributed by atoms with van der Waals surface area (Å²) in [6.45, 7) is 18.0. The predicted molar refractivity (Wildman–Crippen MR) is 108 cm³/mol. The Morgan fingerprint density at radius 3 is 1.76 bits per heavy atom. The Morgan fingerprint density at radius 2 is 1.24 bits per heavy atom. The van der Waals surface area contributed by atoms with Crippen molar-refractivity contribution in [2.75, 3.05) is 52.4 Å². The summed E-state index contributed by atoms with van der Waals surface area (Å²) in [4.78, 5) is 8.26. The molecule has 3 nitrogen and oxygen atoms in total. The lowest BCUT2D eigenvalue weighted by Gasteiger charge is -2.41. The fraction of sp³-hybridized carbons (Fsp3) is 1.00. The van der Waals surface area contributed by atoms with E-state index in [1.165, 1.54) is 97.3 Å². The zero-order valence-corrected chi connectivity index (χ0v) is 17.3. The molecule has 3 rings (SSSR count). The minimum absolute atomic E-state index is 0.881. The van der Waals surface area contributed by atoms with Crippen molar-refractivity contribution in [1.29, 1.82) is 0 Å². The van der Waals surface area contributed by atoms with Crippen molar-refractivity contribution in [1.82, 2.24) is 14.7 Å². The van der Waals surface area contributed by atoms with Crippen LogP contribution in [0.4, 0.5) is 0 Å². The molecule has 0 atom stereocenters. The molecule has 3 saturated heterocycles. The highest BCUT2D eigenvalue weighted by atomic mass is 15.2. The highest BCUT2D eigenvalue weighted by Crippen LogP contribution is 2.25. The fourth-order valence-corrected chi connectivity index (χ4v) is 5.26. The number of piperidine rings is 3. The maximum atomic E-state index is 2.80. The topological polar surface area (TPSA) is 9.72 Å². The van der Waals surface area contributed by atoms with E-state index in [9.17, 15) is 0 Å². The molecule has 0 aromatic heterocycles. The smallest absolute Gasteiger partial charge is 0.0120 e. The second-order valence-electron chi connectivity index (χ2n) is 9.57. The maximum Gasteiger partial charge on any atom is 0.0120 e. The molecule has 3 aliphatic rings. The van der Waals surface area contributed by atoms with Crippen molar-refractivity contribution in [2.24, 2.45) is 17.8 Å². The second kappa shape index (κ2) is 9.71. The Bertz CT molecular complexity index is 359. The zero-order valence-electron chi connectivity index (χ0n) is 17.3. The Kier molecular flexibility index (Phi) is 7.63. The summed E-state index contributed by atoms with van der Waals surface area (Å²) in [6.07, 6.45) is 9.90. The van der Waals surface area contributed by atoms with Crippen molar-refractivity contribution in [2.45, 2.75) is 71.8 Å². The van der Waals surface area contributed by atoms with Gasteiger partial charge in [0, 0.05) is 6.04 Å². The van der Waals surface area contributed by atoms with Crippen LogP contribution in [0.25, 0.3) is 0 Å². The molecular weight excluding hydrogens is 306 g/mol. The molecule has 0 saturated carbocycles. The molecule has 3 fully saturated rings. The van der Waals surface area contributed by atoms with Gasteiger partial charge in [0.15, 0.2) is 0 Å². The SMILES string of the molecule is CC1CCN(C2CCN(CCCN3CCC(C(C)C)CC3)CC2)CC1. The number of likely N-dealkylation sites (tertiary alicyclic amines) is 3. The van der Waals surface area contributed by atoms with Gasteiger partial charge in [0.25, 0.3) is 0 Å². The van der Waals surface area contributed by atoms with Crippen molar-refractivity contribution < 1.29 is 0 Å². The van der Waals surface area contributed by atoms with Crippen molar-refractivity contribution in [3.05, 3.63) is 0 Å². The average molecular weight is 350 g/mol. The van der Waals surface area contributed by atoms with Crippen LogP contribution in [-0.4, -0.2) is 73.1 Å². The summed E-state index contributed by atoms with van der Waals surface area (Å²) in [5, 5.41) is 0. The number of hydrogen-bond donors (Lipinski definition) is 0. The van der Waals surface area contributed by atoms with Crippen LogP contribution in [0.1, 0.15) is 65.7 Å². The van der Waals surface area contributed by atoms with Crippen molar-refractivity contribution in [3.8, 4) is 0 Å². The van der Waals surface area contributed by atoms with Gasteiger partial charge in [0.2, 0.25) is 0 Å². The number of hydrogen-bond acceptors (Lipinski definition) is 3. The van der Waals surface area contributed by atoms with Gasteiger partial charge in [-0.2, -0.15) is 0 Å². The Labute approximate surface area is 157 Å². The third-order valence-corrected chi connectivity index (χ3v) is 7.42. The minimum Gasteiger partial charge on any atom is -0.303 e. The van der Waals surface area contributed by atoms with E-state index in [2.05, 4.69) is 35.5 Å². The molecule has 3 heteroatoms. The van der Waals surface area contributed by atoms with Gasteiger partial charge < -0.3 is 14.7 Å². The fourth-order valence-electron chi connectivity index (χ4n) is 5.26. The van der Waals surface area contributed by atoms with Gasteiger partial charge in [0.1, 0.15) is 0 Å². The zero-order chi connectivity index (χ0) is 17.6. The van der Waals surface area contributed by atoms with Crippen LogP contribution >= 0.6 is 0 Å². The van der Waals surface area contributed by atoms with E-state index in [4.69, 9.17) is 0 Å². The summed E-state index contributed by atoms with van der Waals surface area (Å²) in [5.41, 5.74) is 0. The van der Waals surface area contributed by atoms with E-state index in [-0.39, 0.29) is 0 Å². The predicted octanol–water partition coefficient (Wildman–Crippen LogP) is 3.94. The summed E-state index contributed by atoms with van der Waals surface area (Å²) in [5.74, 6) is 2.82. The Hall–Kier alpha value is -0.120. The quantitative estimate of drug-likeness (QED) is 0.719. The van der Waals surface area contributed by atoms with Crippen LogP contribution < -0.4 is 0 Å². The molecule has 0 aliphatic carbocycles. The summed E-state index contributed by atoms with van der Waals surface area (Å²) < 4.78 is 0. The van der Waals surface area contributed by atoms with Crippen LogP contribution in [0.5, 0.6) is 0 Å². The first kappa shape index (κ1) is 19.6. The first-order valence-electron chi connectivity index (χ1n) is 11.3. The minimum atomic E-state index is 0.881. The maximum absolute atomic E-state index is 2.80. The number of nitrogens with zero attached hydrogens (tertiary/aromatic N) is 3. The second-order valence-corrected chi connectivity index (χ2v) is 9.57. The molecule has 0 amide bonds. The van der Waals surface area contributed by atoms with Crippen LogP contribution in [-0.2, 0) is 0 Å². The highest BCUT2D eigenvalue weighted by Gasteiger charge is 2.27. The third kappa shape index (κ3) is 5.94. The van der Waals surface area contributed by atoms with Crippen LogP contribution in [0, 0.1) is 17.8 Å². The van der Waals surface area contributed by atoms with Gasteiger partial charge in [-0.05, 0) is 115 Å². The molecule has 146 valence electrons. The average Bonchev–Trinajstić information content (AvgIpc) is 2.63. The van der Waals surface area contributed by atoms with E-state index in [1.54, 1.807) is 0 Å². The van der Waals surface area contributed by atoms with E-state index < -0.39 is 0 Å². The summed E-state index contributed by atoms with van der Waals surface area (Å²) >= 11 is 0. The first-order chi connectivity index (χ1) is 12.1. The molecule has 25 heavy (non-hydrogen) atoms. The summed E-state index contributed by atoms with van der Waals surface area (Å²) in [7, 11) is 0. The van der Waals surface area contributed by atoms with Crippen LogP contribution in [0.3, 0.4) is 0 Å². The van der Waals surface area contributed by atoms with Crippen LogP contribution in [0.2, 0.25) is 0 Å². The lowest BCUT2D eigenvalue weighted by Crippen LogP contribution is -2.48. The van der Waals surface area contributed by atoms with E-state index in [1.807, 2.05) is 0 Å². The highest BCUT2D eigenvalue weighted by molar-refractivity contribution is 4.83. The molecule has 0 N–H and O–H groups in total. The largest absolute Gasteiger partial charge is 0.303 e. The molecule has 0 radical (unpaired) electrons. The molecule has 0 aromatic carbocycles. The molecule has 0 spiro atoms. The Morgan fingerprint density at radius 1 is 0.720 bits per heavy atom. The molecule has 0 bridgehead atoms. The van der Waals surface area contributed by atoms with E-state index >= 15 is 0 Å². The first-order valence-corrected chi connectivity index (χ1v) is 11.3. The molecular formula is C22H43N3. The van der Waals surface area contributed by atoms with Gasteiger partial charge in [0.05, 0.1) is 0 Å². The van der Waals surface area contributed by atoms with Crippen molar-refractivity contribution >= 4 is 0 Å². The van der Waals surface area contributed by atoms with E-state index in [0.29, 0.717) is 0 Å². The molecule has 0 aromatic rings. The third-order valence-electron chi connectivity index (χ3n) is 7.42. The molecule has 3 heterocycles. The van der Waals surface area contributed by atoms with E-state index in [0.717, 1.165) is 23.8 Å². The number of rotatable bonds is 6. The lowest BCUT2D eigenvalue weighted by atomic mass is 9.87. The standard InChI is InChI=1S/C22H43N3/c1-19(2)21-7-13-23(14-8-21)11-4-12-24-15-9-22(10-16-24)25-17-5-20(3)6-18-25/h19-22H,4-18H2,1-3H3.